The van der Waals surface area contributed by atoms with E-state index in [-0.39, 0.29) is 12.0 Å². The van der Waals surface area contributed by atoms with Gasteiger partial charge in [0.25, 0.3) is 5.91 Å². The second kappa shape index (κ2) is 11.2. The van der Waals surface area contributed by atoms with Gasteiger partial charge in [-0.3, -0.25) is 9.78 Å². The summed E-state index contributed by atoms with van der Waals surface area (Å²) < 4.78 is 7.66. The minimum Gasteiger partial charge on any atom is -0.444 e. The van der Waals surface area contributed by atoms with Crippen molar-refractivity contribution in [3.05, 3.63) is 59.8 Å². The number of fused-ring (bicyclic) bond motifs is 1. The highest BCUT2D eigenvalue weighted by molar-refractivity contribution is 5.94. The van der Waals surface area contributed by atoms with E-state index in [1.54, 1.807) is 18.1 Å². The highest BCUT2D eigenvalue weighted by Gasteiger charge is 2.27. The van der Waals surface area contributed by atoms with Crippen molar-refractivity contribution in [1.82, 2.24) is 24.2 Å². The van der Waals surface area contributed by atoms with Gasteiger partial charge < -0.3 is 23.8 Å². The van der Waals surface area contributed by atoms with Crippen LogP contribution in [0.2, 0.25) is 0 Å². The zero-order valence-electron chi connectivity index (χ0n) is 23.6. The number of aromatic nitrogens is 3. The van der Waals surface area contributed by atoms with Crippen molar-refractivity contribution in [3.8, 4) is 0 Å². The number of ether oxygens (including phenoxy) is 1. The molecule has 1 saturated carbocycles. The summed E-state index contributed by atoms with van der Waals surface area (Å²) in [6.45, 7) is 9.28. The maximum Gasteiger partial charge on any atom is 0.410 e. The van der Waals surface area contributed by atoms with Gasteiger partial charge in [-0.1, -0.05) is 12.5 Å². The highest BCUT2D eigenvalue weighted by atomic mass is 16.6. The lowest BCUT2D eigenvalue weighted by atomic mass is 9.85. The smallest absolute Gasteiger partial charge is 0.410 e. The summed E-state index contributed by atoms with van der Waals surface area (Å²) in [5.74, 6) is 0.464. The van der Waals surface area contributed by atoms with Crippen LogP contribution < -0.4 is 4.90 Å². The molecule has 1 aliphatic heterocycles. The maximum atomic E-state index is 13.2. The van der Waals surface area contributed by atoms with Crippen LogP contribution in [-0.2, 0) is 17.8 Å². The van der Waals surface area contributed by atoms with Crippen molar-refractivity contribution in [2.45, 2.75) is 71.6 Å². The van der Waals surface area contributed by atoms with Crippen molar-refractivity contribution in [2.75, 3.05) is 31.6 Å². The average Bonchev–Trinajstić information content (AvgIpc) is 3.53. The Balaban J connectivity index is 1.26. The normalized spacial score (nSPS) is 15.8. The van der Waals surface area contributed by atoms with Gasteiger partial charge in [0.1, 0.15) is 11.2 Å². The standard InChI is InChI=1S/C30H40N6O3/c1-30(2,3)39-29(38)36(17-22-8-7-9-22)19-23-10-11-27-32-25(21-35(27)18-23)20-33(4)28(37)24-14-26(16-31-15-24)34-12-5-6-13-34/h10-11,14-16,18,21-22H,5-9,12-13,17,19-20H2,1-4H3. The zero-order valence-corrected chi connectivity index (χ0v) is 23.6. The van der Waals surface area contributed by atoms with Gasteiger partial charge in [0.05, 0.1) is 36.2 Å². The first-order valence-electron chi connectivity index (χ1n) is 14.0. The number of amides is 2. The van der Waals surface area contributed by atoms with Gasteiger partial charge in [-0.15, -0.1) is 0 Å². The maximum absolute atomic E-state index is 13.2. The number of hydrogen-bond donors (Lipinski definition) is 0. The number of nitrogens with zero attached hydrogens (tertiary/aromatic N) is 6. The molecule has 1 saturated heterocycles. The van der Waals surface area contributed by atoms with E-state index in [1.807, 2.05) is 66.9 Å². The van der Waals surface area contributed by atoms with Gasteiger partial charge in [0.2, 0.25) is 0 Å². The van der Waals surface area contributed by atoms with Crippen LogP contribution in [0.5, 0.6) is 0 Å². The third kappa shape index (κ3) is 6.69. The van der Waals surface area contributed by atoms with E-state index in [1.165, 1.54) is 19.3 Å². The van der Waals surface area contributed by atoms with Crippen LogP contribution in [0.25, 0.3) is 5.65 Å². The molecule has 208 valence electrons. The number of rotatable bonds is 8. The van der Waals surface area contributed by atoms with Gasteiger partial charge in [-0.2, -0.15) is 0 Å². The third-order valence-corrected chi connectivity index (χ3v) is 7.48. The molecule has 0 N–H and O–H groups in total. The summed E-state index contributed by atoms with van der Waals surface area (Å²) in [7, 11) is 1.79. The van der Waals surface area contributed by atoms with Crippen LogP contribution in [-0.4, -0.2) is 68.5 Å². The Bertz CT molecular complexity index is 1320. The molecular formula is C30H40N6O3. The Kier molecular flexibility index (Phi) is 7.77. The molecule has 2 aliphatic rings. The minimum absolute atomic E-state index is 0.0784. The SMILES string of the molecule is CN(Cc1cn2cc(CN(CC3CCC3)C(=O)OC(C)(C)C)ccc2n1)C(=O)c1cncc(N2CCCC2)c1. The Hall–Kier alpha value is -3.62. The van der Waals surface area contributed by atoms with Crippen molar-refractivity contribution < 1.29 is 14.3 Å². The molecule has 0 spiro atoms. The van der Waals surface area contributed by atoms with Gasteiger partial charge in [0.15, 0.2) is 0 Å². The molecule has 0 bridgehead atoms. The molecule has 2 fully saturated rings. The monoisotopic (exact) mass is 532 g/mol. The number of carbonyl (C=O) groups is 2. The van der Waals surface area contributed by atoms with Crippen molar-refractivity contribution in [2.24, 2.45) is 5.92 Å². The van der Waals surface area contributed by atoms with Crippen LogP contribution in [0.3, 0.4) is 0 Å². The van der Waals surface area contributed by atoms with Crippen molar-refractivity contribution >= 4 is 23.3 Å². The average molecular weight is 533 g/mol. The summed E-state index contributed by atoms with van der Waals surface area (Å²) >= 11 is 0. The van der Waals surface area contributed by atoms with E-state index >= 15 is 0 Å². The molecule has 0 radical (unpaired) electrons. The Morgan fingerprint density at radius 2 is 1.82 bits per heavy atom. The van der Waals surface area contributed by atoms with E-state index in [0.29, 0.717) is 31.1 Å². The van der Waals surface area contributed by atoms with Gasteiger partial charge in [0, 0.05) is 45.3 Å². The highest BCUT2D eigenvalue weighted by Crippen LogP contribution is 2.28. The number of imidazole rings is 1. The van der Waals surface area contributed by atoms with Crippen LogP contribution in [0.1, 0.15) is 74.5 Å². The summed E-state index contributed by atoms with van der Waals surface area (Å²) in [4.78, 5) is 40.9. The molecule has 39 heavy (non-hydrogen) atoms. The van der Waals surface area contributed by atoms with Crippen LogP contribution in [0.4, 0.5) is 10.5 Å². The topological polar surface area (TPSA) is 83.3 Å². The molecule has 1 aliphatic carbocycles. The second-order valence-corrected chi connectivity index (χ2v) is 12.0. The van der Waals surface area contributed by atoms with Gasteiger partial charge >= 0.3 is 6.09 Å². The first-order chi connectivity index (χ1) is 18.6. The van der Waals surface area contributed by atoms with E-state index in [9.17, 15) is 9.59 Å². The Morgan fingerprint density at radius 1 is 1.05 bits per heavy atom. The fourth-order valence-electron chi connectivity index (χ4n) is 5.23. The van der Waals surface area contributed by atoms with Gasteiger partial charge in [-0.25, -0.2) is 9.78 Å². The molecule has 0 aromatic carbocycles. The zero-order chi connectivity index (χ0) is 27.6. The number of pyridine rings is 2. The minimum atomic E-state index is -0.535. The molecule has 4 heterocycles. The molecule has 9 nitrogen and oxygen atoms in total. The first-order valence-corrected chi connectivity index (χ1v) is 14.0. The summed E-state index contributed by atoms with van der Waals surface area (Å²) in [5, 5.41) is 0. The molecule has 2 amide bonds. The lowest BCUT2D eigenvalue weighted by Crippen LogP contribution is -2.40. The predicted octanol–water partition coefficient (Wildman–Crippen LogP) is 5.14. The quantitative estimate of drug-likeness (QED) is 0.400. The van der Waals surface area contributed by atoms with E-state index in [2.05, 4.69) is 9.88 Å². The lowest BCUT2D eigenvalue weighted by Gasteiger charge is -2.33. The molecule has 5 rings (SSSR count). The van der Waals surface area contributed by atoms with Gasteiger partial charge in [-0.05, 0) is 70.1 Å². The number of anilines is 1. The number of hydrogen-bond acceptors (Lipinski definition) is 6. The van der Waals surface area contributed by atoms with Crippen molar-refractivity contribution in [1.29, 1.82) is 0 Å². The summed E-state index contributed by atoms with van der Waals surface area (Å²) in [5.41, 5.74) is 3.66. The van der Waals surface area contributed by atoms with Crippen molar-refractivity contribution in [3.63, 3.8) is 0 Å². The predicted molar refractivity (Wildman–Crippen MR) is 151 cm³/mol. The third-order valence-electron chi connectivity index (χ3n) is 7.48. The molecule has 3 aromatic rings. The van der Waals surface area contributed by atoms with Crippen LogP contribution in [0, 0.1) is 5.92 Å². The molecular weight excluding hydrogens is 492 g/mol. The Labute approximate surface area is 230 Å². The number of carbonyl (C=O) groups excluding carboxylic acids is 2. The fourth-order valence-corrected chi connectivity index (χ4v) is 5.23. The van der Waals surface area contributed by atoms with Crippen LogP contribution >= 0.6 is 0 Å². The van der Waals surface area contributed by atoms with Crippen LogP contribution in [0.15, 0.2) is 43.0 Å². The summed E-state index contributed by atoms with van der Waals surface area (Å²) in [6.07, 6.45) is 13.0. The van der Waals surface area contributed by atoms with E-state index in [4.69, 9.17) is 9.72 Å². The molecule has 3 aromatic heterocycles. The Morgan fingerprint density at radius 3 is 2.51 bits per heavy atom. The largest absolute Gasteiger partial charge is 0.444 e. The second-order valence-electron chi connectivity index (χ2n) is 12.0. The van der Waals surface area contributed by atoms with E-state index in [0.717, 1.165) is 48.5 Å². The summed E-state index contributed by atoms with van der Waals surface area (Å²) in [6, 6.07) is 5.91. The van der Waals surface area contributed by atoms with E-state index < -0.39 is 5.60 Å². The fraction of sp³-hybridized carbons (Fsp3) is 0.533. The lowest BCUT2D eigenvalue weighted by molar-refractivity contribution is 0.0173. The first kappa shape index (κ1) is 27.0. The molecule has 9 heteroatoms. The molecule has 0 atom stereocenters. The molecule has 0 unspecified atom stereocenters.